The molecule has 0 bridgehead atoms. The number of rotatable bonds is 4. The second-order valence-corrected chi connectivity index (χ2v) is 6.04. The molecular formula is C11H11BrN2O3S. The number of hydrogen-bond acceptors (Lipinski definition) is 4. The van der Waals surface area contributed by atoms with E-state index >= 15 is 0 Å². The predicted octanol–water partition coefficient (Wildman–Crippen LogP) is 2.30. The van der Waals surface area contributed by atoms with Crippen molar-refractivity contribution in [3.63, 3.8) is 0 Å². The van der Waals surface area contributed by atoms with Crippen molar-refractivity contribution in [2.24, 2.45) is 5.14 Å². The van der Waals surface area contributed by atoms with Crippen LogP contribution in [-0.2, 0) is 16.6 Å². The molecule has 3 N–H and O–H groups in total. The van der Waals surface area contributed by atoms with Crippen LogP contribution in [0.3, 0.4) is 0 Å². The van der Waals surface area contributed by atoms with Gasteiger partial charge in [0.05, 0.1) is 17.7 Å². The summed E-state index contributed by atoms with van der Waals surface area (Å²) in [6, 6.07) is 8.20. The minimum absolute atomic E-state index is 0.0675. The molecule has 2 aromatic rings. The molecule has 0 saturated carbocycles. The molecule has 0 atom stereocenters. The number of furan rings is 1. The van der Waals surface area contributed by atoms with Crippen molar-refractivity contribution in [2.45, 2.75) is 11.4 Å². The molecule has 18 heavy (non-hydrogen) atoms. The van der Waals surface area contributed by atoms with Crippen LogP contribution in [0.2, 0.25) is 0 Å². The molecule has 0 amide bonds. The second kappa shape index (κ2) is 5.13. The normalized spacial score (nSPS) is 11.4. The van der Waals surface area contributed by atoms with E-state index in [1.165, 1.54) is 12.1 Å². The lowest BCUT2D eigenvalue weighted by Gasteiger charge is -2.08. The first-order valence-electron chi connectivity index (χ1n) is 5.05. The number of benzene rings is 1. The van der Waals surface area contributed by atoms with Gasteiger partial charge in [-0.15, -0.1) is 0 Å². The zero-order valence-corrected chi connectivity index (χ0v) is 11.7. The Balaban J connectivity index is 2.15. The molecule has 0 fully saturated rings. The van der Waals surface area contributed by atoms with Gasteiger partial charge in [-0.2, -0.15) is 0 Å². The van der Waals surface area contributed by atoms with Crippen molar-refractivity contribution >= 4 is 31.6 Å². The minimum atomic E-state index is -3.68. The second-order valence-electron chi connectivity index (χ2n) is 3.62. The Morgan fingerprint density at radius 3 is 2.67 bits per heavy atom. The number of hydrogen-bond donors (Lipinski definition) is 2. The summed E-state index contributed by atoms with van der Waals surface area (Å²) in [7, 11) is -3.68. The van der Waals surface area contributed by atoms with E-state index in [2.05, 4.69) is 21.2 Å². The zero-order chi connectivity index (χ0) is 13.2. The van der Waals surface area contributed by atoms with Crippen molar-refractivity contribution in [2.75, 3.05) is 5.32 Å². The maximum absolute atomic E-state index is 11.2. The molecule has 0 unspecified atom stereocenters. The maximum atomic E-state index is 11.2. The Kier molecular flexibility index (Phi) is 3.74. The highest BCUT2D eigenvalue weighted by atomic mass is 79.9. The Hall–Kier alpha value is -1.31. The van der Waals surface area contributed by atoms with E-state index in [-0.39, 0.29) is 4.90 Å². The summed E-state index contributed by atoms with van der Waals surface area (Å²) < 4.78 is 28.1. The minimum Gasteiger partial charge on any atom is -0.467 e. The summed E-state index contributed by atoms with van der Waals surface area (Å²) in [5.74, 6) is 0.789. The number of nitrogens with two attached hydrogens (primary N) is 1. The van der Waals surface area contributed by atoms with Crippen LogP contribution in [0, 0.1) is 0 Å². The van der Waals surface area contributed by atoms with E-state index in [1.54, 1.807) is 18.4 Å². The fraction of sp³-hybridized carbons (Fsp3) is 0.0909. The van der Waals surface area contributed by atoms with Gasteiger partial charge in [0.2, 0.25) is 10.0 Å². The summed E-state index contributed by atoms with van der Waals surface area (Å²) in [6.45, 7) is 0.514. The third-order valence-corrected chi connectivity index (χ3v) is 3.87. The van der Waals surface area contributed by atoms with Crippen LogP contribution in [0.5, 0.6) is 0 Å². The molecule has 1 aromatic heterocycles. The van der Waals surface area contributed by atoms with E-state index in [0.717, 1.165) is 11.4 Å². The van der Waals surface area contributed by atoms with Crippen LogP contribution in [0.1, 0.15) is 5.76 Å². The summed E-state index contributed by atoms with van der Waals surface area (Å²) in [6.07, 6.45) is 1.59. The first-order valence-corrected chi connectivity index (χ1v) is 7.39. The Bertz CT molecular complexity index is 638. The molecule has 0 aliphatic heterocycles. The van der Waals surface area contributed by atoms with Crippen LogP contribution >= 0.6 is 15.9 Å². The molecule has 0 spiro atoms. The fourth-order valence-electron chi connectivity index (χ4n) is 1.41. The third kappa shape index (κ3) is 3.12. The average Bonchev–Trinajstić information content (AvgIpc) is 2.79. The summed E-state index contributed by atoms with van der Waals surface area (Å²) >= 11 is 3.29. The number of sulfonamides is 1. The van der Waals surface area contributed by atoms with Crippen LogP contribution in [0.25, 0.3) is 0 Å². The van der Waals surface area contributed by atoms with E-state index < -0.39 is 10.0 Å². The molecule has 0 aliphatic carbocycles. The number of anilines is 1. The molecule has 1 heterocycles. The van der Waals surface area contributed by atoms with Gasteiger partial charge in [-0.25, -0.2) is 13.6 Å². The van der Waals surface area contributed by atoms with E-state index in [1.807, 2.05) is 6.07 Å². The molecule has 0 radical (unpaired) electrons. The molecule has 96 valence electrons. The van der Waals surface area contributed by atoms with Crippen LogP contribution in [0.4, 0.5) is 5.69 Å². The smallest absolute Gasteiger partial charge is 0.238 e. The van der Waals surface area contributed by atoms with Gasteiger partial charge in [0.25, 0.3) is 0 Å². The SMILES string of the molecule is NS(=O)(=O)c1ccc(NCc2ccco2)c(Br)c1. The lowest BCUT2D eigenvalue weighted by Crippen LogP contribution is -2.12. The van der Waals surface area contributed by atoms with Crippen molar-refractivity contribution < 1.29 is 12.8 Å². The topological polar surface area (TPSA) is 85.3 Å². The van der Waals surface area contributed by atoms with Gasteiger partial charge in [0, 0.05) is 10.2 Å². The highest BCUT2D eigenvalue weighted by Crippen LogP contribution is 2.25. The average molecular weight is 331 g/mol. The molecule has 7 heteroatoms. The lowest BCUT2D eigenvalue weighted by molar-refractivity contribution is 0.518. The Morgan fingerprint density at radius 2 is 2.11 bits per heavy atom. The summed E-state index contributed by atoms with van der Waals surface area (Å²) in [4.78, 5) is 0.0675. The van der Waals surface area contributed by atoms with Gasteiger partial charge in [0.15, 0.2) is 0 Å². The van der Waals surface area contributed by atoms with Crippen LogP contribution in [0.15, 0.2) is 50.4 Å². The van der Waals surface area contributed by atoms with Crippen molar-refractivity contribution in [1.82, 2.24) is 0 Å². The Labute approximate surface area is 113 Å². The molecule has 1 aromatic carbocycles. The van der Waals surface area contributed by atoms with E-state index in [4.69, 9.17) is 9.56 Å². The monoisotopic (exact) mass is 330 g/mol. The van der Waals surface area contributed by atoms with Gasteiger partial charge in [0.1, 0.15) is 5.76 Å². The highest BCUT2D eigenvalue weighted by molar-refractivity contribution is 9.10. The zero-order valence-electron chi connectivity index (χ0n) is 9.26. The number of nitrogens with one attached hydrogen (secondary N) is 1. The highest BCUT2D eigenvalue weighted by Gasteiger charge is 2.10. The largest absolute Gasteiger partial charge is 0.467 e. The van der Waals surface area contributed by atoms with Crippen LogP contribution < -0.4 is 10.5 Å². The molecule has 0 saturated heterocycles. The first kappa shape index (κ1) is 13.1. The summed E-state index contributed by atoms with van der Waals surface area (Å²) in [5.41, 5.74) is 0.763. The standard InChI is InChI=1S/C11H11BrN2O3S/c12-10-6-9(18(13,15)16)3-4-11(10)14-7-8-2-1-5-17-8/h1-6,14H,7H2,(H2,13,15,16). The van der Waals surface area contributed by atoms with Crippen molar-refractivity contribution in [3.05, 3.63) is 46.8 Å². The Morgan fingerprint density at radius 1 is 1.33 bits per heavy atom. The molecular weight excluding hydrogens is 320 g/mol. The van der Waals surface area contributed by atoms with Gasteiger partial charge >= 0.3 is 0 Å². The van der Waals surface area contributed by atoms with Gasteiger partial charge in [-0.3, -0.25) is 0 Å². The molecule has 5 nitrogen and oxygen atoms in total. The number of primary sulfonamides is 1. The van der Waals surface area contributed by atoms with Crippen molar-refractivity contribution in [1.29, 1.82) is 0 Å². The van der Waals surface area contributed by atoms with Crippen LogP contribution in [-0.4, -0.2) is 8.42 Å². The summed E-state index contributed by atoms with van der Waals surface area (Å²) in [5, 5.41) is 8.16. The quantitative estimate of drug-likeness (QED) is 0.900. The van der Waals surface area contributed by atoms with Gasteiger partial charge < -0.3 is 9.73 Å². The van der Waals surface area contributed by atoms with E-state index in [9.17, 15) is 8.42 Å². The molecule has 2 rings (SSSR count). The van der Waals surface area contributed by atoms with Crippen molar-refractivity contribution in [3.8, 4) is 0 Å². The van der Waals surface area contributed by atoms with E-state index in [0.29, 0.717) is 11.0 Å². The fourth-order valence-corrected chi connectivity index (χ4v) is 2.62. The third-order valence-electron chi connectivity index (χ3n) is 2.30. The predicted molar refractivity (Wildman–Crippen MR) is 71.5 cm³/mol. The number of halogens is 1. The maximum Gasteiger partial charge on any atom is 0.238 e. The lowest BCUT2D eigenvalue weighted by atomic mass is 10.3. The molecule has 0 aliphatic rings. The van der Waals surface area contributed by atoms with Gasteiger partial charge in [-0.05, 0) is 46.3 Å². The van der Waals surface area contributed by atoms with Gasteiger partial charge in [-0.1, -0.05) is 0 Å². The first-order chi connectivity index (χ1) is 8.47.